The minimum Gasteiger partial charge on any atom is -0.448 e. The Bertz CT molecular complexity index is 320. The molecule has 0 aromatic carbocycles. The van der Waals surface area contributed by atoms with E-state index in [1.165, 1.54) is 0 Å². The lowest BCUT2D eigenvalue weighted by atomic mass is 9.91. The first-order valence-corrected chi connectivity index (χ1v) is 5.36. The number of hydrogen-bond donors (Lipinski definition) is 0. The highest BCUT2D eigenvalue weighted by molar-refractivity contribution is 6.59. The van der Waals surface area contributed by atoms with Crippen molar-refractivity contribution in [1.29, 1.82) is 0 Å². The predicted octanol–water partition coefficient (Wildman–Crippen LogP) is 1.40. The largest absolute Gasteiger partial charge is 0.497 e. The van der Waals surface area contributed by atoms with Crippen LogP contribution < -0.4 is 0 Å². The van der Waals surface area contributed by atoms with Crippen LogP contribution in [0, 0.1) is 17.8 Å². The number of halogens is 3. The minimum absolute atomic E-state index is 0.251. The molecule has 90 valence electrons. The first-order chi connectivity index (χ1) is 7.29. The van der Waals surface area contributed by atoms with E-state index < -0.39 is 37.1 Å². The van der Waals surface area contributed by atoms with Crippen molar-refractivity contribution < 1.29 is 22.5 Å². The number of fused-ring (bicyclic) bond motifs is 1. The summed E-state index contributed by atoms with van der Waals surface area (Å²) in [5.74, 6) is -2.00. The molecule has 0 spiro atoms. The highest BCUT2D eigenvalue weighted by atomic mass is 19.4. The predicted molar refractivity (Wildman–Crippen MR) is 51.2 cm³/mol. The summed E-state index contributed by atoms with van der Waals surface area (Å²) in [5, 5.41) is 0. The molecule has 1 heterocycles. The zero-order valence-electron chi connectivity index (χ0n) is 8.83. The zero-order valence-corrected chi connectivity index (χ0v) is 8.83. The van der Waals surface area contributed by atoms with Crippen molar-refractivity contribution in [2.75, 3.05) is 6.44 Å². The minimum atomic E-state index is -5.13. The number of carbonyl (C=O) groups is 2. The Balaban J connectivity index is 2.15. The molecule has 2 unspecified atom stereocenters. The highest BCUT2D eigenvalue weighted by Crippen LogP contribution is 2.43. The van der Waals surface area contributed by atoms with Crippen molar-refractivity contribution in [2.45, 2.75) is 19.8 Å². The summed E-state index contributed by atoms with van der Waals surface area (Å²) in [6.45, 7) is -3.21. The summed E-state index contributed by atoms with van der Waals surface area (Å²) < 4.78 is 36.7. The summed E-state index contributed by atoms with van der Waals surface area (Å²) >= 11 is 0. The maximum absolute atomic E-state index is 12.2. The number of amides is 2. The van der Waals surface area contributed by atoms with Gasteiger partial charge in [-0.05, 0) is 25.2 Å². The van der Waals surface area contributed by atoms with Gasteiger partial charge in [-0.2, -0.15) is 0 Å². The van der Waals surface area contributed by atoms with Crippen molar-refractivity contribution in [3.8, 4) is 0 Å². The van der Waals surface area contributed by atoms with Gasteiger partial charge >= 0.3 is 6.98 Å². The molecule has 0 bridgehead atoms. The summed E-state index contributed by atoms with van der Waals surface area (Å²) in [7, 11) is 0. The lowest BCUT2D eigenvalue weighted by molar-refractivity contribution is -0.139. The van der Waals surface area contributed by atoms with Crippen molar-refractivity contribution >= 4 is 18.8 Å². The molecule has 1 aliphatic carbocycles. The fraction of sp³-hybridized carbons (Fsp3) is 0.778. The number of likely N-dealkylation sites (tertiary alicyclic amines) is 1. The van der Waals surface area contributed by atoms with Gasteiger partial charge in [-0.15, -0.1) is 0 Å². The van der Waals surface area contributed by atoms with Crippen molar-refractivity contribution in [2.24, 2.45) is 17.8 Å². The van der Waals surface area contributed by atoms with Crippen molar-refractivity contribution in [3.63, 3.8) is 0 Å². The molecule has 2 atom stereocenters. The van der Waals surface area contributed by atoms with Crippen molar-refractivity contribution in [3.05, 3.63) is 0 Å². The molecule has 2 aliphatic rings. The molecule has 1 saturated carbocycles. The average Bonchev–Trinajstić information content (AvgIpc) is 2.60. The molecular formula is C9H12BF3NO2-. The van der Waals surface area contributed by atoms with E-state index in [1.54, 1.807) is 0 Å². The molecular weight excluding hydrogens is 222 g/mol. The first-order valence-electron chi connectivity index (χ1n) is 5.36. The van der Waals surface area contributed by atoms with Crippen molar-refractivity contribution in [1.82, 2.24) is 4.90 Å². The summed E-state index contributed by atoms with van der Waals surface area (Å²) in [6, 6.07) is 0. The third-order valence-electron chi connectivity index (χ3n) is 3.35. The van der Waals surface area contributed by atoms with E-state index in [0.717, 1.165) is 0 Å². The van der Waals surface area contributed by atoms with E-state index in [0.29, 0.717) is 17.7 Å². The molecule has 2 fully saturated rings. The number of nitrogens with zero attached hydrogens (tertiary/aromatic N) is 1. The molecule has 1 aliphatic heterocycles. The zero-order chi connectivity index (χ0) is 12.1. The number of carbonyl (C=O) groups excluding carboxylic acids is 2. The van der Waals surface area contributed by atoms with Gasteiger partial charge in [-0.3, -0.25) is 9.59 Å². The lowest BCUT2D eigenvalue weighted by Crippen LogP contribution is -2.42. The number of rotatable bonds is 2. The normalized spacial score (nSPS) is 34.8. The fourth-order valence-electron chi connectivity index (χ4n) is 2.73. The van der Waals surface area contributed by atoms with Gasteiger partial charge in [0.15, 0.2) is 0 Å². The average molecular weight is 234 g/mol. The molecule has 16 heavy (non-hydrogen) atoms. The van der Waals surface area contributed by atoms with Crippen LogP contribution >= 0.6 is 0 Å². The Labute approximate surface area is 91.0 Å². The second-order valence-corrected chi connectivity index (χ2v) is 4.79. The molecule has 2 rings (SSSR count). The Morgan fingerprint density at radius 1 is 1.19 bits per heavy atom. The Kier molecular flexibility index (Phi) is 2.51. The smallest absolute Gasteiger partial charge is 0.448 e. The van der Waals surface area contributed by atoms with Gasteiger partial charge in [0.2, 0.25) is 11.8 Å². The van der Waals surface area contributed by atoms with E-state index in [1.807, 2.05) is 6.92 Å². The second-order valence-electron chi connectivity index (χ2n) is 4.79. The third kappa shape index (κ3) is 1.83. The van der Waals surface area contributed by atoms with Crippen LogP contribution in [0.25, 0.3) is 0 Å². The van der Waals surface area contributed by atoms with Gasteiger partial charge in [0.05, 0.1) is 11.8 Å². The SMILES string of the molecule is CC1CC2C(=O)N(C[B-](F)(F)F)C(=O)C2C1. The van der Waals surface area contributed by atoms with E-state index in [9.17, 15) is 22.5 Å². The Morgan fingerprint density at radius 2 is 1.62 bits per heavy atom. The molecule has 0 N–H and O–H groups in total. The van der Waals surface area contributed by atoms with Crippen LogP contribution in [0.3, 0.4) is 0 Å². The molecule has 7 heteroatoms. The highest BCUT2D eigenvalue weighted by Gasteiger charge is 2.52. The fourth-order valence-corrected chi connectivity index (χ4v) is 2.73. The molecule has 0 radical (unpaired) electrons. The van der Waals surface area contributed by atoms with E-state index in [2.05, 4.69) is 0 Å². The Morgan fingerprint density at radius 3 is 2.00 bits per heavy atom. The molecule has 1 saturated heterocycles. The monoisotopic (exact) mass is 234 g/mol. The number of imide groups is 1. The molecule has 3 nitrogen and oxygen atoms in total. The maximum atomic E-state index is 12.2. The van der Waals surface area contributed by atoms with Crippen LogP contribution in [-0.2, 0) is 9.59 Å². The van der Waals surface area contributed by atoms with Crippen LogP contribution in [0.2, 0.25) is 0 Å². The Hall–Kier alpha value is -1.01. The van der Waals surface area contributed by atoms with Crippen LogP contribution in [0.15, 0.2) is 0 Å². The van der Waals surface area contributed by atoms with Crippen LogP contribution in [-0.4, -0.2) is 30.1 Å². The lowest BCUT2D eigenvalue weighted by Gasteiger charge is -2.23. The second kappa shape index (κ2) is 3.50. The summed E-state index contributed by atoms with van der Waals surface area (Å²) in [6.07, 6.45) is -0.299. The topological polar surface area (TPSA) is 37.4 Å². The first kappa shape index (κ1) is 11.5. The van der Waals surface area contributed by atoms with Gasteiger partial charge in [-0.1, -0.05) is 6.92 Å². The van der Waals surface area contributed by atoms with Gasteiger partial charge < -0.3 is 17.8 Å². The summed E-state index contributed by atoms with van der Waals surface area (Å²) in [4.78, 5) is 23.7. The van der Waals surface area contributed by atoms with Gasteiger partial charge in [0, 0.05) is 0 Å². The van der Waals surface area contributed by atoms with E-state index in [4.69, 9.17) is 0 Å². The molecule has 2 amide bonds. The van der Waals surface area contributed by atoms with Crippen LogP contribution in [0.5, 0.6) is 0 Å². The van der Waals surface area contributed by atoms with E-state index >= 15 is 0 Å². The van der Waals surface area contributed by atoms with E-state index in [-0.39, 0.29) is 5.92 Å². The van der Waals surface area contributed by atoms with Gasteiger partial charge in [0.1, 0.15) is 0 Å². The molecule has 0 aromatic heterocycles. The summed E-state index contributed by atoms with van der Waals surface area (Å²) in [5.41, 5.74) is 0. The third-order valence-corrected chi connectivity index (χ3v) is 3.35. The van der Waals surface area contributed by atoms with Crippen LogP contribution in [0.4, 0.5) is 12.9 Å². The molecule has 0 aromatic rings. The van der Waals surface area contributed by atoms with Crippen LogP contribution in [0.1, 0.15) is 19.8 Å². The van der Waals surface area contributed by atoms with Gasteiger partial charge in [-0.25, -0.2) is 0 Å². The quantitative estimate of drug-likeness (QED) is 0.535. The number of hydrogen-bond acceptors (Lipinski definition) is 2. The van der Waals surface area contributed by atoms with Gasteiger partial charge in [0.25, 0.3) is 0 Å². The maximum Gasteiger partial charge on any atom is 0.497 e. The standard InChI is InChI=1S/C9H12BF3NO2/c1-5-2-6-7(3-5)9(16)14(8(6)15)4-10(11,12)13/h5-7H,2-4H2,1H3/q-1.